The lowest BCUT2D eigenvalue weighted by molar-refractivity contribution is 0.281. The molecule has 0 aliphatic carbocycles. The van der Waals surface area contributed by atoms with Crippen molar-refractivity contribution in [3.05, 3.63) is 52.9 Å². The zero-order chi connectivity index (χ0) is 19.5. The van der Waals surface area contributed by atoms with E-state index >= 15 is 0 Å². The highest BCUT2D eigenvalue weighted by Gasteiger charge is 2.19. The highest BCUT2D eigenvalue weighted by Crippen LogP contribution is 2.29. The molecule has 1 atom stereocenters. The van der Waals surface area contributed by atoms with Crippen molar-refractivity contribution in [1.29, 1.82) is 0 Å². The third-order valence-corrected chi connectivity index (χ3v) is 5.18. The van der Waals surface area contributed by atoms with Crippen molar-refractivity contribution >= 4 is 0 Å². The fourth-order valence-corrected chi connectivity index (χ4v) is 3.47. The van der Waals surface area contributed by atoms with Crippen LogP contribution in [-0.4, -0.2) is 33.1 Å². The molecular formula is C20H25N5O3. The van der Waals surface area contributed by atoms with Crippen LogP contribution in [0.3, 0.4) is 0 Å². The number of aryl methyl sites for hydroxylation is 3. The lowest BCUT2D eigenvalue weighted by Crippen LogP contribution is -2.37. The summed E-state index contributed by atoms with van der Waals surface area (Å²) in [5.74, 6) is 3.27. The number of rotatable bonds is 7. The first-order chi connectivity index (χ1) is 13.6. The number of methoxy groups -OCH3 is 1. The Labute approximate surface area is 163 Å². The maximum absolute atomic E-state index is 5.95. The zero-order valence-corrected chi connectivity index (χ0v) is 16.4. The normalized spacial score (nSPS) is 16.0. The summed E-state index contributed by atoms with van der Waals surface area (Å²) in [6, 6.07) is 6.40. The van der Waals surface area contributed by atoms with E-state index in [-0.39, 0.29) is 0 Å². The largest absolute Gasteiger partial charge is 0.493 e. The topological polar surface area (TPSA) is 87.2 Å². The highest BCUT2D eigenvalue weighted by molar-refractivity contribution is 5.43. The molecule has 4 rings (SSSR count). The average molecular weight is 383 g/mol. The predicted octanol–water partition coefficient (Wildman–Crippen LogP) is 2.58. The number of benzene rings is 1. The Kier molecular flexibility index (Phi) is 5.29. The van der Waals surface area contributed by atoms with Gasteiger partial charge >= 0.3 is 0 Å². The number of ether oxygens (including phenoxy) is 2. The minimum atomic E-state index is 0.385. The Bertz CT molecular complexity index is 930. The van der Waals surface area contributed by atoms with Crippen LogP contribution in [0.25, 0.3) is 0 Å². The number of hydrogen-bond acceptors (Lipinski definition) is 7. The summed E-state index contributed by atoms with van der Waals surface area (Å²) in [5, 5.41) is 11.8. The predicted molar refractivity (Wildman–Crippen MR) is 102 cm³/mol. The molecular weight excluding hydrogens is 358 g/mol. The molecule has 28 heavy (non-hydrogen) atoms. The van der Waals surface area contributed by atoms with Crippen molar-refractivity contribution in [3.8, 4) is 11.5 Å². The van der Waals surface area contributed by atoms with Crippen LogP contribution in [0.1, 0.15) is 34.8 Å². The molecule has 2 aromatic heterocycles. The zero-order valence-electron chi connectivity index (χ0n) is 16.4. The van der Waals surface area contributed by atoms with E-state index in [1.54, 1.807) is 13.4 Å². The molecule has 1 unspecified atom stereocenters. The molecule has 0 saturated heterocycles. The third kappa shape index (κ3) is 3.87. The van der Waals surface area contributed by atoms with Gasteiger partial charge in [0.1, 0.15) is 24.5 Å². The Hall–Kier alpha value is -2.87. The van der Waals surface area contributed by atoms with Crippen molar-refractivity contribution in [3.63, 3.8) is 0 Å². The summed E-state index contributed by atoms with van der Waals surface area (Å²) in [5.41, 5.74) is 2.96. The van der Waals surface area contributed by atoms with E-state index in [9.17, 15) is 0 Å². The van der Waals surface area contributed by atoms with Gasteiger partial charge in [0.15, 0.2) is 11.5 Å². The van der Waals surface area contributed by atoms with Crippen LogP contribution >= 0.6 is 0 Å². The standard InChI is InChI=1S/C20H25N5O3/c1-13-17(14(2)28-24-13)11-27-18-6-4-15(8-19(18)26-3)9-21-16-5-7-20-22-12-23-25(20)10-16/h4,6,8,12,16,21H,5,7,9-11H2,1-3H3. The molecule has 1 aromatic carbocycles. The van der Waals surface area contributed by atoms with E-state index in [2.05, 4.69) is 26.6 Å². The first-order valence-electron chi connectivity index (χ1n) is 9.45. The van der Waals surface area contributed by atoms with E-state index in [0.29, 0.717) is 24.1 Å². The number of nitrogens with one attached hydrogen (secondary N) is 1. The van der Waals surface area contributed by atoms with Gasteiger partial charge in [0, 0.05) is 19.0 Å². The van der Waals surface area contributed by atoms with Crippen LogP contribution in [0, 0.1) is 13.8 Å². The second-order valence-electron chi connectivity index (χ2n) is 7.05. The van der Waals surface area contributed by atoms with Gasteiger partial charge in [0.05, 0.1) is 24.9 Å². The van der Waals surface area contributed by atoms with Gasteiger partial charge in [-0.25, -0.2) is 9.67 Å². The van der Waals surface area contributed by atoms with E-state index in [0.717, 1.165) is 54.3 Å². The lowest BCUT2D eigenvalue weighted by atomic mass is 10.1. The van der Waals surface area contributed by atoms with E-state index in [4.69, 9.17) is 14.0 Å². The number of nitrogens with zero attached hydrogens (tertiary/aromatic N) is 4. The highest BCUT2D eigenvalue weighted by atomic mass is 16.5. The number of fused-ring (bicyclic) bond motifs is 1. The van der Waals surface area contributed by atoms with Gasteiger partial charge in [-0.05, 0) is 38.0 Å². The SMILES string of the molecule is COc1cc(CNC2CCc3ncnn3C2)ccc1OCc1c(C)noc1C. The second-order valence-corrected chi connectivity index (χ2v) is 7.05. The minimum absolute atomic E-state index is 0.385. The van der Waals surface area contributed by atoms with Crippen LogP contribution in [-0.2, 0) is 26.1 Å². The van der Waals surface area contributed by atoms with Crippen LogP contribution < -0.4 is 14.8 Å². The summed E-state index contributed by atoms with van der Waals surface area (Å²) in [7, 11) is 1.66. The fourth-order valence-electron chi connectivity index (χ4n) is 3.47. The van der Waals surface area contributed by atoms with Crippen LogP contribution in [0.2, 0.25) is 0 Å². The molecule has 148 valence electrons. The lowest BCUT2D eigenvalue weighted by Gasteiger charge is -2.23. The van der Waals surface area contributed by atoms with E-state index in [1.165, 1.54) is 0 Å². The van der Waals surface area contributed by atoms with Gasteiger partial charge < -0.3 is 19.3 Å². The molecule has 1 N–H and O–H groups in total. The van der Waals surface area contributed by atoms with Crippen LogP contribution in [0.5, 0.6) is 11.5 Å². The molecule has 8 heteroatoms. The third-order valence-electron chi connectivity index (χ3n) is 5.18. The summed E-state index contributed by atoms with van der Waals surface area (Å²) >= 11 is 0. The number of aromatic nitrogens is 4. The molecule has 0 bridgehead atoms. The van der Waals surface area contributed by atoms with Crippen molar-refractivity contribution in [2.75, 3.05) is 7.11 Å². The van der Waals surface area contributed by atoms with Gasteiger partial charge in [-0.3, -0.25) is 0 Å². The van der Waals surface area contributed by atoms with Crippen molar-refractivity contribution in [1.82, 2.24) is 25.2 Å². The molecule has 0 fully saturated rings. The molecule has 0 saturated carbocycles. The summed E-state index contributed by atoms with van der Waals surface area (Å²) < 4.78 is 18.6. The van der Waals surface area contributed by atoms with Crippen molar-refractivity contribution < 1.29 is 14.0 Å². The maximum atomic E-state index is 5.95. The Balaban J connectivity index is 1.37. The average Bonchev–Trinajstić information content (AvgIpc) is 3.31. The van der Waals surface area contributed by atoms with Gasteiger partial charge in [-0.2, -0.15) is 5.10 Å². The molecule has 0 spiro atoms. The van der Waals surface area contributed by atoms with Crippen molar-refractivity contribution in [2.45, 2.75) is 52.4 Å². The smallest absolute Gasteiger partial charge is 0.161 e. The van der Waals surface area contributed by atoms with Crippen LogP contribution in [0.15, 0.2) is 29.0 Å². The quantitative estimate of drug-likeness (QED) is 0.671. The summed E-state index contributed by atoms with van der Waals surface area (Å²) in [6.07, 6.45) is 3.65. The number of hydrogen-bond donors (Lipinski definition) is 1. The molecule has 1 aliphatic rings. The van der Waals surface area contributed by atoms with Crippen molar-refractivity contribution in [2.24, 2.45) is 0 Å². The summed E-state index contributed by atoms with van der Waals surface area (Å²) in [4.78, 5) is 4.27. The molecule has 3 heterocycles. The minimum Gasteiger partial charge on any atom is -0.493 e. The van der Waals surface area contributed by atoms with Gasteiger partial charge in [-0.15, -0.1) is 0 Å². The fraction of sp³-hybridized carbons (Fsp3) is 0.450. The van der Waals surface area contributed by atoms with E-state index in [1.807, 2.05) is 30.7 Å². The Morgan fingerprint density at radius 2 is 2.18 bits per heavy atom. The molecule has 0 amide bonds. The van der Waals surface area contributed by atoms with Gasteiger partial charge in [0.2, 0.25) is 0 Å². The van der Waals surface area contributed by atoms with Gasteiger partial charge in [-0.1, -0.05) is 11.2 Å². The maximum Gasteiger partial charge on any atom is 0.161 e. The summed E-state index contributed by atoms with van der Waals surface area (Å²) in [6.45, 7) is 5.81. The van der Waals surface area contributed by atoms with E-state index < -0.39 is 0 Å². The molecule has 1 aliphatic heterocycles. The second kappa shape index (κ2) is 8.02. The van der Waals surface area contributed by atoms with Crippen LogP contribution in [0.4, 0.5) is 0 Å². The molecule has 0 radical (unpaired) electrons. The Morgan fingerprint density at radius 3 is 2.96 bits per heavy atom. The van der Waals surface area contributed by atoms with Gasteiger partial charge in [0.25, 0.3) is 0 Å². The Morgan fingerprint density at radius 1 is 1.29 bits per heavy atom. The first-order valence-corrected chi connectivity index (χ1v) is 9.45. The first kappa shape index (κ1) is 18.5. The monoisotopic (exact) mass is 383 g/mol. The molecule has 3 aromatic rings. The molecule has 8 nitrogen and oxygen atoms in total.